The van der Waals surface area contributed by atoms with Gasteiger partial charge in [0.25, 0.3) is 5.91 Å². The Kier molecular flexibility index (Phi) is 4.78. The zero-order valence-corrected chi connectivity index (χ0v) is 16.4. The highest BCUT2D eigenvalue weighted by Crippen LogP contribution is 2.31. The molecule has 28 heavy (non-hydrogen) atoms. The number of para-hydroxylation sites is 1. The fourth-order valence-corrected chi connectivity index (χ4v) is 3.79. The molecule has 4 aromatic rings. The molecule has 0 aliphatic carbocycles. The first kappa shape index (κ1) is 18.1. The molecule has 0 bridgehead atoms. The van der Waals surface area contributed by atoms with Crippen LogP contribution in [0.5, 0.6) is 5.75 Å². The van der Waals surface area contributed by atoms with Crippen molar-refractivity contribution in [3.8, 4) is 5.75 Å². The van der Waals surface area contributed by atoms with E-state index in [1.54, 1.807) is 31.4 Å². The highest BCUT2D eigenvalue weighted by atomic mass is 16.5. The lowest BCUT2D eigenvalue weighted by molar-refractivity contribution is 0.0940. The Hall–Kier alpha value is -3.27. The fourth-order valence-electron chi connectivity index (χ4n) is 3.79. The molecule has 4 heteroatoms. The second kappa shape index (κ2) is 7.39. The van der Waals surface area contributed by atoms with E-state index in [1.165, 1.54) is 21.8 Å². The quantitative estimate of drug-likeness (QED) is 0.516. The number of nitrogens with one attached hydrogen (secondary N) is 1. The summed E-state index contributed by atoms with van der Waals surface area (Å²) < 4.78 is 7.48. The summed E-state index contributed by atoms with van der Waals surface area (Å²) in [5.74, 6) is 0.647. The van der Waals surface area contributed by atoms with E-state index in [4.69, 9.17) is 4.74 Å². The highest BCUT2D eigenvalue weighted by molar-refractivity contribution is 6.08. The molecule has 0 aliphatic rings. The minimum Gasteiger partial charge on any atom is -0.497 e. The number of hydrogen-bond acceptors (Lipinski definition) is 2. The van der Waals surface area contributed by atoms with Crippen molar-refractivity contribution in [2.45, 2.75) is 26.4 Å². The molecule has 142 valence electrons. The summed E-state index contributed by atoms with van der Waals surface area (Å²) >= 11 is 0. The third-order valence-electron chi connectivity index (χ3n) is 5.31. The van der Waals surface area contributed by atoms with Crippen molar-refractivity contribution in [1.29, 1.82) is 0 Å². The van der Waals surface area contributed by atoms with Crippen molar-refractivity contribution in [2.75, 3.05) is 7.11 Å². The Morgan fingerprint density at radius 2 is 1.71 bits per heavy atom. The van der Waals surface area contributed by atoms with Crippen molar-refractivity contribution in [3.05, 3.63) is 77.9 Å². The monoisotopic (exact) mass is 372 g/mol. The Bertz CT molecular complexity index is 1140. The van der Waals surface area contributed by atoms with Gasteiger partial charge >= 0.3 is 0 Å². The summed E-state index contributed by atoms with van der Waals surface area (Å²) in [6.45, 7) is 5.10. The van der Waals surface area contributed by atoms with Crippen LogP contribution in [0.15, 0.2) is 66.7 Å². The van der Waals surface area contributed by atoms with E-state index in [2.05, 4.69) is 59.3 Å². The molecule has 0 spiro atoms. The number of nitrogens with zero attached hydrogens (tertiary/aromatic N) is 1. The van der Waals surface area contributed by atoms with Crippen LogP contribution < -0.4 is 10.1 Å². The maximum absolute atomic E-state index is 12.6. The van der Waals surface area contributed by atoms with Crippen LogP contribution in [0.25, 0.3) is 21.8 Å². The first-order chi connectivity index (χ1) is 13.6. The SMILES string of the molecule is CCn1c2ccccc2c2cc([C@@H](C)NC(=O)c3ccc(OC)cc3)ccc21. The molecule has 4 nitrogen and oxygen atoms in total. The molecule has 0 radical (unpaired) electrons. The molecule has 1 amide bonds. The van der Waals surface area contributed by atoms with Gasteiger partial charge in [0.2, 0.25) is 0 Å². The van der Waals surface area contributed by atoms with Crippen LogP contribution in [0, 0.1) is 0 Å². The lowest BCUT2D eigenvalue weighted by atomic mass is 10.0. The van der Waals surface area contributed by atoms with E-state index in [1.807, 2.05) is 6.92 Å². The number of aromatic nitrogens is 1. The number of hydrogen-bond donors (Lipinski definition) is 1. The van der Waals surface area contributed by atoms with Gasteiger partial charge in [-0.25, -0.2) is 0 Å². The Balaban J connectivity index is 1.64. The van der Waals surface area contributed by atoms with Gasteiger partial charge in [-0.3, -0.25) is 4.79 Å². The number of aryl methyl sites for hydroxylation is 1. The van der Waals surface area contributed by atoms with Crippen LogP contribution in [0.3, 0.4) is 0 Å². The third-order valence-corrected chi connectivity index (χ3v) is 5.31. The summed E-state index contributed by atoms with van der Waals surface area (Å²) in [6, 6.07) is 22.0. The molecule has 1 heterocycles. The normalized spacial score (nSPS) is 12.2. The maximum Gasteiger partial charge on any atom is 0.251 e. The van der Waals surface area contributed by atoms with Crippen molar-refractivity contribution in [2.24, 2.45) is 0 Å². The zero-order chi connectivity index (χ0) is 19.7. The Morgan fingerprint density at radius 3 is 2.43 bits per heavy atom. The molecule has 0 unspecified atom stereocenters. The van der Waals surface area contributed by atoms with Gasteiger partial charge in [0.05, 0.1) is 13.2 Å². The van der Waals surface area contributed by atoms with Gasteiger partial charge in [0.1, 0.15) is 5.75 Å². The molecular formula is C24H24N2O2. The number of fused-ring (bicyclic) bond motifs is 3. The van der Waals surface area contributed by atoms with Gasteiger partial charge < -0.3 is 14.6 Å². The van der Waals surface area contributed by atoms with Crippen LogP contribution in [0.2, 0.25) is 0 Å². The molecule has 0 fully saturated rings. The van der Waals surface area contributed by atoms with E-state index in [-0.39, 0.29) is 11.9 Å². The van der Waals surface area contributed by atoms with Gasteiger partial charge in [-0.05, 0) is 61.9 Å². The van der Waals surface area contributed by atoms with E-state index in [9.17, 15) is 4.79 Å². The highest BCUT2D eigenvalue weighted by Gasteiger charge is 2.15. The molecule has 3 aromatic carbocycles. The predicted molar refractivity (Wildman–Crippen MR) is 114 cm³/mol. The summed E-state index contributed by atoms with van der Waals surface area (Å²) in [5, 5.41) is 5.56. The zero-order valence-electron chi connectivity index (χ0n) is 16.4. The van der Waals surface area contributed by atoms with E-state index < -0.39 is 0 Å². The first-order valence-electron chi connectivity index (χ1n) is 9.58. The molecule has 0 saturated heterocycles. The van der Waals surface area contributed by atoms with Gasteiger partial charge in [-0.15, -0.1) is 0 Å². The second-order valence-electron chi connectivity index (χ2n) is 6.96. The molecule has 1 atom stereocenters. The Morgan fingerprint density at radius 1 is 1.00 bits per heavy atom. The average molecular weight is 372 g/mol. The van der Waals surface area contributed by atoms with Crippen molar-refractivity contribution in [1.82, 2.24) is 9.88 Å². The smallest absolute Gasteiger partial charge is 0.251 e. The largest absolute Gasteiger partial charge is 0.497 e. The summed E-state index contributed by atoms with van der Waals surface area (Å²) in [4.78, 5) is 12.6. The minimum absolute atomic E-state index is 0.0914. The number of rotatable bonds is 5. The van der Waals surface area contributed by atoms with E-state index >= 15 is 0 Å². The predicted octanol–water partition coefficient (Wildman–Crippen LogP) is 5.31. The lowest BCUT2D eigenvalue weighted by Gasteiger charge is -2.15. The molecule has 1 N–H and O–H groups in total. The van der Waals surface area contributed by atoms with Crippen molar-refractivity contribution >= 4 is 27.7 Å². The van der Waals surface area contributed by atoms with Crippen LogP contribution in [0.1, 0.15) is 35.8 Å². The van der Waals surface area contributed by atoms with Gasteiger partial charge in [-0.2, -0.15) is 0 Å². The van der Waals surface area contributed by atoms with Gasteiger partial charge in [0.15, 0.2) is 0 Å². The summed E-state index contributed by atoms with van der Waals surface area (Å²) in [6.07, 6.45) is 0. The molecule has 0 aliphatic heterocycles. The first-order valence-corrected chi connectivity index (χ1v) is 9.58. The lowest BCUT2D eigenvalue weighted by Crippen LogP contribution is -2.26. The summed E-state index contributed by atoms with van der Waals surface area (Å²) in [7, 11) is 1.61. The Labute approximate surface area is 164 Å². The molecule has 1 aromatic heterocycles. The number of carbonyl (C=O) groups excluding carboxylic acids is 1. The number of ether oxygens (including phenoxy) is 1. The minimum atomic E-state index is -0.0947. The number of amides is 1. The van der Waals surface area contributed by atoms with E-state index in [0.29, 0.717) is 5.56 Å². The van der Waals surface area contributed by atoms with Gasteiger partial charge in [0, 0.05) is 33.9 Å². The van der Waals surface area contributed by atoms with E-state index in [0.717, 1.165) is 17.9 Å². The van der Waals surface area contributed by atoms with Crippen LogP contribution in [-0.2, 0) is 6.54 Å². The second-order valence-corrected chi connectivity index (χ2v) is 6.96. The molecule has 0 saturated carbocycles. The van der Waals surface area contributed by atoms with Crippen LogP contribution in [-0.4, -0.2) is 17.6 Å². The van der Waals surface area contributed by atoms with Crippen molar-refractivity contribution < 1.29 is 9.53 Å². The van der Waals surface area contributed by atoms with Crippen molar-refractivity contribution in [3.63, 3.8) is 0 Å². The number of methoxy groups -OCH3 is 1. The standard InChI is InChI=1S/C24H24N2O2/c1-4-26-22-8-6-5-7-20(22)21-15-18(11-14-23(21)26)16(2)25-24(27)17-9-12-19(28-3)13-10-17/h5-16H,4H2,1-3H3,(H,25,27)/t16-/m1/s1. The molecule has 4 rings (SSSR count). The summed E-state index contributed by atoms with van der Waals surface area (Å²) in [5.41, 5.74) is 4.18. The van der Waals surface area contributed by atoms with Crippen LogP contribution >= 0.6 is 0 Å². The van der Waals surface area contributed by atoms with Gasteiger partial charge in [-0.1, -0.05) is 24.3 Å². The topological polar surface area (TPSA) is 43.3 Å². The van der Waals surface area contributed by atoms with Crippen LogP contribution in [0.4, 0.5) is 0 Å². The number of carbonyl (C=O) groups is 1. The number of benzene rings is 3. The maximum atomic E-state index is 12.6. The fraction of sp³-hybridized carbons (Fsp3) is 0.208. The molecular weight excluding hydrogens is 348 g/mol. The average Bonchev–Trinajstić information content (AvgIpc) is 3.06. The third kappa shape index (κ3) is 3.11.